The van der Waals surface area contributed by atoms with Crippen LogP contribution >= 0.6 is 22.6 Å². The van der Waals surface area contributed by atoms with Gasteiger partial charge in [0.25, 0.3) is 0 Å². The molecule has 0 aliphatic heterocycles. The largest absolute Gasteiger partial charge is 0.490 e. The molecule has 0 bridgehead atoms. The van der Waals surface area contributed by atoms with Gasteiger partial charge < -0.3 is 15.4 Å². The van der Waals surface area contributed by atoms with Crippen LogP contribution in [0.15, 0.2) is 12.1 Å². The minimum Gasteiger partial charge on any atom is -0.490 e. The van der Waals surface area contributed by atoms with Crippen molar-refractivity contribution in [1.82, 2.24) is 4.90 Å². The van der Waals surface area contributed by atoms with Gasteiger partial charge in [-0.1, -0.05) is 0 Å². The minimum absolute atomic E-state index is 0.287. The number of halogens is 2. The first-order valence-electron chi connectivity index (χ1n) is 5.65. The summed E-state index contributed by atoms with van der Waals surface area (Å²) < 4.78 is 19.4. The average Bonchev–Trinajstić information content (AvgIpc) is 3.09. The van der Waals surface area contributed by atoms with Crippen molar-refractivity contribution in [1.29, 1.82) is 0 Å². The number of likely N-dealkylation sites (N-methyl/N-ethyl adjacent to an activating group) is 1. The van der Waals surface area contributed by atoms with Crippen molar-refractivity contribution in [3.05, 3.63) is 21.5 Å². The molecule has 1 aliphatic carbocycles. The lowest BCUT2D eigenvalue weighted by molar-refractivity contribution is 0.232. The zero-order valence-electron chi connectivity index (χ0n) is 9.75. The first kappa shape index (κ1) is 12.9. The molecule has 3 nitrogen and oxygen atoms in total. The second-order valence-corrected chi connectivity index (χ2v) is 5.53. The van der Waals surface area contributed by atoms with Crippen LogP contribution in [0.4, 0.5) is 10.1 Å². The number of rotatable bonds is 5. The molecule has 2 rings (SSSR count). The van der Waals surface area contributed by atoms with Crippen LogP contribution in [0.2, 0.25) is 0 Å². The number of benzene rings is 1. The Morgan fingerprint density at radius 1 is 1.53 bits per heavy atom. The van der Waals surface area contributed by atoms with E-state index in [0.717, 1.165) is 6.54 Å². The van der Waals surface area contributed by atoms with Crippen LogP contribution in [0, 0.1) is 9.39 Å². The fraction of sp³-hybridized carbons (Fsp3) is 0.500. The molecule has 5 heteroatoms. The number of hydrogen-bond donors (Lipinski definition) is 1. The van der Waals surface area contributed by atoms with E-state index >= 15 is 0 Å². The molecule has 1 aromatic rings. The number of ether oxygens (including phenoxy) is 1. The van der Waals surface area contributed by atoms with Gasteiger partial charge in [-0.05, 0) is 48.5 Å². The molecule has 1 saturated carbocycles. The van der Waals surface area contributed by atoms with E-state index in [1.165, 1.54) is 18.9 Å². The maximum Gasteiger partial charge on any atom is 0.145 e. The van der Waals surface area contributed by atoms with E-state index < -0.39 is 0 Å². The van der Waals surface area contributed by atoms with Gasteiger partial charge in [-0.3, -0.25) is 0 Å². The minimum atomic E-state index is -0.287. The molecular formula is C12H16FIN2O. The first-order valence-corrected chi connectivity index (χ1v) is 6.73. The summed E-state index contributed by atoms with van der Waals surface area (Å²) in [6, 6.07) is 3.66. The van der Waals surface area contributed by atoms with Gasteiger partial charge in [0.2, 0.25) is 0 Å². The Hall–Kier alpha value is -0.560. The smallest absolute Gasteiger partial charge is 0.145 e. The highest BCUT2D eigenvalue weighted by molar-refractivity contribution is 14.1. The summed E-state index contributed by atoms with van der Waals surface area (Å²) in [4.78, 5) is 2.26. The summed E-state index contributed by atoms with van der Waals surface area (Å²) in [6.07, 6.45) is 2.55. The lowest BCUT2D eigenvalue weighted by atomic mass is 10.3. The molecule has 0 heterocycles. The predicted octanol–water partition coefficient (Wildman–Crippen LogP) is 2.49. The maximum atomic E-state index is 13.3. The van der Waals surface area contributed by atoms with E-state index in [-0.39, 0.29) is 5.82 Å². The zero-order chi connectivity index (χ0) is 12.4. The van der Waals surface area contributed by atoms with Crippen LogP contribution < -0.4 is 10.5 Å². The van der Waals surface area contributed by atoms with Crippen molar-refractivity contribution >= 4 is 28.3 Å². The Balaban J connectivity index is 1.87. The predicted molar refractivity (Wildman–Crippen MR) is 74.7 cm³/mol. The summed E-state index contributed by atoms with van der Waals surface area (Å²) in [7, 11) is 2.08. The van der Waals surface area contributed by atoms with Gasteiger partial charge in [-0.2, -0.15) is 0 Å². The van der Waals surface area contributed by atoms with Crippen molar-refractivity contribution < 1.29 is 9.13 Å². The molecule has 1 aliphatic rings. The van der Waals surface area contributed by atoms with Crippen molar-refractivity contribution in [2.75, 3.05) is 25.9 Å². The Kier molecular flexibility index (Phi) is 4.09. The molecular weight excluding hydrogens is 334 g/mol. The summed E-state index contributed by atoms with van der Waals surface area (Å²) in [6.45, 7) is 1.38. The highest BCUT2D eigenvalue weighted by Crippen LogP contribution is 2.27. The molecule has 0 amide bonds. The van der Waals surface area contributed by atoms with Gasteiger partial charge in [0.1, 0.15) is 18.2 Å². The number of nitrogen functional groups attached to an aromatic ring is 1. The highest BCUT2D eigenvalue weighted by Gasteiger charge is 2.25. The van der Waals surface area contributed by atoms with Crippen LogP contribution in [0.5, 0.6) is 5.75 Å². The van der Waals surface area contributed by atoms with E-state index in [1.54, 1.807) is 6.07 Å². The number of nitrogens with zero attached hydrogens (tertiary/aromatic N) is 1. The number of anilines is 1. The second-order valence-electron chi connectivity index (χ2n) is 4.36. The van der Waals surface area contributed by atoms with E-state index in [9.17, 15) is 4.39 Å². The van der Waals surface area contributed by atoms with Crippen molar-refractivity contribution in [3.8, 4) is 5.75 Å². The Labute approximate surface area is 114 Å². The fourth-order valence-electron chi connectivity index (χ4n) is 1.67. The molecule has 0 unspecified atom stereocenters. The molecule has 0 spiro atoms. The Morgan fingerprint density at radius 3 is 2.88 bits per heavy atom. The zero-order valence-corrected chi connectivity index (χ0v) is 11.9. The molecule has 94 valence electrons. The van der Waals surface area contributed by atoms with Gasteiger partial charge in [0.15, 0.2) is 0 Å². The van der Waals surface area contributed by atoms with Crippen LogP contribution in [0.3, 0.4) is 0 Å². The molecule has 0 saturated heterocycles. The quantitative estimate of drug-likeness (QED) is 0.655. The molecule has 1 aromatic carbocycles. The topological polar surface area (TPSA) is 38.5 Å². The highest BCUT2D eigenvalue weighted by atomic mass is 127. The lowest BCUT2D eigenvalue weighted by Gasteiger charge is -2.16. The Morgan fingerprint density at radius 2 is 2.24 bits per heavy atom. The molecule has 0 atom stereocenters. The van der Waals surface area contributed by atoms with E-state index in [2.05, 4.69) is 11.9 Å². The van der Waals surface area contributed by atoms with E-state index in [1.807, 2.05) is 22.6 Å². The normalized spacial score (nSPS) is 15.3. The van der Waals surface area contributed by atoms with Gasteiger partial charge in [-0.15, -0.1) is 0 Å². The van der Waals surface area contributed by atoms with E-state index in [4.69, 9.17) is 10.5 Å². The van der Waals surface area contributed by atoms with Gasteiger partial charge in [0.05, 0.1) is 9.26 Å². The van der Waals surface area contributed by atoms with Crippen LogP contribution in [-0.4, -0.2) is 31.1 Å². The first-order chi connectivity index (χ1) is 8.08. The van der Waals surface area contributed by atoms with Crippen LogP contribution in [-0.2, 0) is 0 Å². The molecule has 17 heavy (non-hydrogen) atoms. The Bertz CT molecular complexity index is 410. The third kappa shape index (κ3) is 3.45. The fourth-order valence-corrected chi connectivity index (χ4v) is 2.16. The molecule has 0 radical (unpaired) electrons. The number of nitrogens with two attached hydrogens (primary N) is 1. The van der Waals surface area contributed by atoms with Crippen LogP contribution in [0.1, 0.15) is 12.8 Å². The van der Waals surface area contributed by atoms with Crippen molar-refractivity contribution in [2.45, 2.75) is 18.9 Å². The SMILES string of the molecule is CN(CCOc1cc(F)c(I)cc1N)C1CC1. The van der Waals surface area contributed by atoms with Gasteiger partial charge >= 0.3 is 0 Å². The standard InChI is InChI=1S/C12H16FIN2O/c1-16(8-2-3-8)4-5-17-12-6-9(13)10(14)7-11(12)15/h6-8H,2-5,15H2,1H3. The molecule has 0 aromatic heterocycles. The summed E-state index contributed by atoms with van der Waals surface area (Å²) in [5.74, 6) is 0.150. The third-order valence-corrected chi connectivity index (χ3v) is 3.75. The summed E-state index contributed by atoms with van der Waals surface area (Å²) in [5.41, 5.74) is 6.26. The number of hydrogen-bond acceptors (Lipinski definition) is 3. The molecule has 2 N–H and O–H groups in total. The second kappa shape index (κ2) is 5.39. The van der Waals surface area contributed by atoms with Crippen LogP contribution in [0.25, 0.3) is 0 Å². The van der Waals surface area contributed by atoms with Crippen molar-refractivity contribution in [2.24, 2.45) is 0 Å². The summed E-state index contributed by atoms with van der Waals surface area (Å²) >= 11 is 1.91. The lowest BCUT2D eigenvalue weighted by Crippen LogP contribution is -2.26. The van der Waals surface area contributed by atoms with Gasteiger partial charge in [-0.25, -0.2) is 4.39 Å². The monoisotopic (exact) mass is 350 g/mol. The van der Waals surface area contributed by atoms with Gasteiger partial charge in [0, 0.05) is 18.7 Å². The average molecular weight is 350 g/mol. The maximum absolute atomic E-state index is 13.3. The molecule has 1 fully saturated rings. The van der Waals surface area contributed by atoms with Crippen molar-refractivity contribution in [3.63, 3.8) is 0 Å². The third-order valence-electron chi connectivity index (χ3n) is 2.92. The summed E-state index contributed by atoms with van der Waals surface area (Å²) in [5, 5.41) is 0. The van der Waals surface area contributed by atoms with E-state index in [0.29, 0.717) is 27.7 Å².